The lowest BCUT2D eigenvalue weighted by Crippen LogP contribution is -2.57. The van der Waals surface area contributed by atoms with Gasteiger partial charge >= 0.3 is 6.18 Å². The molecule has 2 amide bonds. The molecule has 0 radical (unpaired) electrons. The average molecular weight is 500 g/mol. The second kappa shape index (κ2) is 8.43. The summed E-state index contributed by atoms with van der Waals surface area (Å²) in [7, 11) is 0. The molecule has 1 aromatic heterocycles. The van der Waals surface area contributed by atoms with E-state index in [0.29, 0.717) is 18.8 Å². The van der Waals surface area contributed by atoms with E-state index in [1.165, 1.54) is 9.58 Å². The number of carbonyl (C=O) groups excluding carboxylic acids is 2. The molecular formula is C23H32F3N5O4. The third-order valence-electron chi connectivity index (χ3n) is 7.67. The quantitative estimate of drug-likeness (QED) is 0.641. The molecule has 4 heterocycles. The van der Waals surface area contributed by atoms with E-state index in [4.69, 9.17) is 4.74 Å². The molecule has 1 aliphatic carbocycles. The van der Waals surface area contributed by atoms with E-state index in [1.807, 2.05) is 20.8 Å². The van der Waals surface area contributed by atoms with Crippen LogP contribution in [0.4, 0.5) is 13.2 Å². The van der Waals surface area contributed by atoms with Crippen molar-refractivity contribution < 1.29 is 32.6 Å². The van der Waals surface area contributed by atoms with Crippen molar-refractivity contribution in [2.75, 3.05) is 6.54 Å². The molecule has 35 heavy (non-hydrogen) atoms. The Hall–Kier alpha value is -2.21. The summed E-state index contributed by atoms with van der Waals surface area (Å²) in [5.41, 5.74) is 0.220. The number of nitrogens with one attached hydrogen (secondary N) is 1. The van der Waals surface area contributed by atoms with Gasteiger partial charge in [0, 0.05) is 25.1 Å². The Kier molecular flexibility index (Phi) is 5.90. The summed E-state index contributed by atoms with van der Waals surface area (Å²) >= 11 is 0. The summed E-state index contributed by atoms with van der Waals surface area (Å²) in [4.78, 5) is 28.3. The molecule has 1 saturated carbocycles. The van der Waals surface area contributed by atoms with Crippen molar-refractivity contribution in [3.8, 4) is 0 Å². The summed E-state index contributed by atoms with van der Waals surface area (Å²) in [6, 6.07) is -3.08. The summed E-state index contributed by atoms with van der Waals surface area (Å²) in [5.74, 6) is -2.55. The molecule has 4 fully saturated rings. The van der Waals surface area contributed by atoms with Crippen LogP contribution in [-0.2, 0) is 14.3 Å². The molecule has 12 heteroatoms. The van der Waals surface area contributed by atoms with Crippen LogP contribution in [0.2, 0.25) is 0 Å². The highest BCUT2D eigenvalue weighted by molar-refractivity contribution is 5.90. The number of amides is 2. The maximum atomic E-state index is 13.8. The van der Waals surface area contributed by atoms with Crippen LogP contribution in [0, 0.1) is 11.3 Å². The highest BCUT2D eigenvalue weighted by Gasteiger charge is 2.61. The summed E-state index contributed by atoms with van der Waals surface area (Å²) < 4.78 is 48.1. The Morgan fingerprint density at radius 1 is 1.17 bits per heavy atom. The number of carbonyl (C=O) groups is 2. The molecule has 1 unspecified atom stereocenters. The van der Waals surface area contributed by atoms with E-state index in [9.17, 15) is 27.9 Å². The zero-order chi connectivity index (χ0) is 25.3. The van der Waals surface area contributed by atoms with Crippen LogP contribution in [0.25, 0.3) is 0 Å². The summed E-state index contributed by atoms with van der Waals surface area (Å²) in [6.07, 6.45) is -2.61. The fourth-order valence-corrected chi connectivity index (χ4v) is 5.86. The first-order valence-corrected chi connectivity index (χ1v) is 12.3. The first-order valence-electron chi connectivity index (χ1n) is 12.3. The summed E-state index contributed by atoms with van der Waals surface area (Å²) in [5, 5.41) is 21.3. The smallest absolute Gasteiger partial charge is 0.391 e. The number of alkyl halides is 3. The van der Waals surface area contributed by atoms with Crippen LogP contribution >= 0.6 is 0 Å². The zero-order valence-corrected chi connectivity index (χ0v) is 20.0. The Bertz CT molecular complexity index is 989. The predicted molar refractivity (Wildman–Crippen MR) is 116 cm³/mol. The van der Waals surface area contributed by atoms with Crippen molar-refractivity contribution in [1.82, 2.24) is 25.2 Å². The van der Waals surface area contributed by atoms with E-state index in [0.717, 1.165) is 18.5 Å². The molecule has 3 saturated heterocycles. The van der Waals surface area contributed by atoms with Crippen molar-refractivity contribution in [2.45, 2.75) is 101 Å². The third kappa shape index (κ3) is 4.54. The second-order valence-electron chi connectivity index (χ2n) is 11.5. The van der Waals surface area contributed by atoms with Crippen LogP contribution in [0.3, 0.4) is 0 Å². The topological polar surface area (TPSA) is 110 Å². The monoisotopic (exact) mass is 499 g/mol. The van der Waals surface area contributed by atoms with Gasteiger partial charge < -0.3 is 20.1 Å². The van der Waals surface area contributed by atoms with Crippen LogP contribution in [0.1, 0.15) is 70.5 Å². The molecule has 1 aromatic rings. The maximum absolute atomic E-state index is 13.8. The van der Waals surface area contributed by atoms with Crippen LogP contribution in [-0.4, -0.2) is 79.9 Å². The van der Waals surface area contributed by atoms with Crippen LogP contribution < -0.4 is 5.32 Å². The number of aromatic nitrogens is 3. The Morgan fingerprint density at radius 3 is 2.49 bits per heavy atom. The maximum Gasteiger partial charge on any atom is 0.396 e. The van der Waals surface area contributed by atoms with Gasteiger partial charge in [-0.2, -0.15) is 13.2 Å². The molecule has 0 spiro atoms. The van der Waals surface area contributed by atoms with Gasteiger partial charge in [0.1, 0.15) is 18.0 Å². The fourth-order valence-electron chi connectivity index (χ4n) is 5.86. The first kappa shape index (κ1) is 24.5. The highest BCUT2D eigenvalue weighted by Crippen LogP contribution is 2.47. The predicted octanol–water partition coefficient (Wildman–Crippen LogP) is 1.93. The Morgan fingerprint density at radius 2 is 1.86 bits per heavy atom. The first-order chi connectivity index (χ1) is 16.3. The van der Waals surface area contributed by atoms with Gasteiger partial charge in [-0.25, -0.2) is 4.68 Å². The third-order valence-corrected chi connectivity index (χ3v) is 7.67. The van der Waals surface area contributed by atoms with Gasteiger partial charge in [-0.3, -0.25) is 9.59 Å². The number of likely N-dealkylation sites (tertiary alicyclic amines) is 1. The van der Waals surface area contributed by atoms with Crippen molar-refractivity contribution in [1.29, 1.82) is 0 Å². The average Bonchev–Trinajstić information content (AvgIpc) is 3.10. The number of fused-ring (bicyclic) bond motifs is 2. The number of hydrogen-bond acceptors (Lipinski definition) is 6. The SMILES string of the molecule is CC(C)(C)[C@@H](C(=O)N1C[C@H](O)C[C@H]1C(=O)NC1[C@@H](C(F)(F)F)[C@@H]2CC[C@H]1O2)n1cc(C2CC2)nn1. The number of aliphatic hydroxyl groups excluding tert-OH is 1. The molecule has 4 aliphatic rings. The number of aliphatic hydroxyl groups is 1. The number of ether oxygens (including phenoxy) is 1. The molecule has 194 valence electrons. The van der Waals surface area contributed by atoms with E-state index in [1.54, 1.807) is 6.20 Å². The van der Waals surface area contributed by atoms with Crippen molar-refractivity contribution in [3.05, 3.63) is 11.9 Å². The van der Waals surface area contributed by atoms with Gasteiger partial charge in [-0.05, 0) is 31.1 Å². The van der Waals surface area contributed by atoms with Crippen molar-refractivity contribution >= 4 is 11.8 Å². The van der Waals surface area contributed by atoms with E-state index in [-0.39, 0.29) is 13.0 Å². The number of halogens is 3. The summed E-state index contributed by atoms with van der Waals surface area (Å²) in [6.45, 7) is 5.53. The number of β-amino-alcohol motifs (C(OH)–C–C–N with tert-alkyl or cyclic N) is 1. The minimum absolute atomic E-state index is 0.0442. The zero-order valence-electron chi connectivity index (χ0n) is 20.0. The fraction of sp³-hybridized carbons (Fsp3) is 0.826. The minimum atomic E-state index is -4.51. The Balaban J connectivity index is 1.36. The lowest BCUT2D eigenvalue weighted by Gasteiger charge is -2.36. The molecule has 2 bridgehead atoms. The van der Waals surface area contributed by atoms with Gasteiger partial charge in [-0.15, -0.1) is 5.10 Å². The van der Waals surface area contributed by atoms with Gasteiger partial charge in [0.05, 0.1) is 30.0 Å². The van der Waals surface area contributed by atoms with E-state index < -0.39 is 65.8 Å². The van der Waals surface area contributed by atoms with Gasteiger partial charge in [0.25, 0.3) is 0 Å². The van der Waals surface area contributed by atoms with Crippen LogP contribution in [0.15, 0.2) is 6.20 Å². The lowest BCUT2D eigenvalue weighted by atomic mass is 9.83. The highest BCUT2D eigenvalue weighted by atomic mass is 19.4. The molecule has 2 N–H and O–H groups in total. The normalized spacial score (nSPS) is 33.9. The number of hydrogen-bond donors (Lipinski definition) is 2. The minimum Gasteiger partial charge on any atom is -0.391 e. The van der Waals surface area contributed by atoms with E-state index in [2.05, 4.69) is 15.6 Å². The van der Waals surface area contributed by atoms with Crippen molar-refractivity contribution in [3.63, 3.8) is 0 Å². The standard InChI is InChI=1S/C23H32F3N5O4/c1-22(2,3)19(31-10-13(28-29-31)11-4-5-11)21(34)30-9-12(32)8-14(30)20(33)27-18-16-7-6-15(35-16)17(18)23(24,25)26/h10-12,14-19,32H,4-9H2,1-3H3,(H,27,33)/t12-,14+,15+,16-,17+,18?,19-/m1/s1. The molecule has 3 aliphatic heterocycles. The molecule has 5 rings (SSSR count). The van der Waals surface area contributed by atoms with Crippen molar-refractivity contribution in [2.24, 2.45) is 11.3 Å². The molecule has 9 nitrogen and oxygen atoms in total. The molecule has 0 aromatic carbocycles. The van der Waals surface area contributed by atoms with Crippen LogP contribution in [0.5, 0.6) is 0 Å². The molecular weight excluding hydrogens is 467 g/mol. The second-order valence-corrected chi connectivity index (χ2v) is 11.5. The number of rotatable bonds is 5. The Labute approximate surface area is 201 Å². The van der Waals surface area contributed by atoms with E-state index >= 15 is 0 Å². The lowest BCUT2D eigenvalue weighted by molar-refractivity contribution is -0.191. The molecule has 7 atom stereocenters. The van der Waals surface area contributed by atoms with Gasteiger partial charge in [-0.1, -0.05) is 26.0 Å². The van der Waals surface area contributed by atoms with Gasteiger partial charge in [0.2, 0.25) is 11.8 Å². The number of nitrogens with zero attached hydrogens (tertiary/aromatic N) is 4. The largest absolute Gasteiger partial charge is 0.396 e. The van der Waals surface area contributed by atoms with Gasteiger partial charge in [0.15, 0.2) is 0 Å².